The number of pyridine rings is 1. The number of unbranched alkanes of at least 4 members (excludes halogenated alkanes) is 1. The van der Waals surface area contributed by atoms with Crippen LogP contribution in [-0.4, -0.2) is 29.7 Å². The smallest absolute Gasteiger partial charge is 0.213 e. The Hall–Kier alpha value is -1.98. The molecule has 1 rings (SSSR count). The molecule has 1 aromatic heterocycles. The Kier molecular flexibility index (Phi) is 5.63. The number of anilines is 1. The lowest BCUT2D eigenvalue weighted by molar-refractivity contribution is 0.316. The molecule has 0 saturated carbocycles. The first-order valence-corrected chi connectivity index (χ1v) is 5.46. The van der Waals surface area contributed by atoms with E-state index in [0.717, 1.165) is 25.1 Å². The minimum Gasteiger partial charge on any atom is -0.481 e. The Morgan fingerprint density at radius 2 is 2.35 bits per heavy atom. The lowest BCUT2D eigenvalue weighted by atomic mass is 10.2. The van der Waals surface area contributed by atoms with E-state index >= 15 is 0 Å². The number of rotatable bonds is 7. The molecule has 0 amide bonds. The molecular formula is C11H18N4O2. The van der Waals surface area contributed by atoms with Crippen LogP contribution in [0.15, 0.2) is 23.5 Å². The van der Waals surface area contributed by atoms with Gasteiger partial charge in [0.25, 0.3) is 0 Å². The van der Waals surface area contributed by atoms with Crippen LogP contribution in [0.1, 0.15) is 19.3 Å². The standard InChI is InChI=1S/C11H18N4O2/c1-17-11-6-5-9(8-14-11)13-7-3-2-4-10(12)15-16/h5-6,8,13,16H,2-4,7H2,1H3,(H2,12,15). The molecule has 0 fully saturated rings. The van der Waals surface area contributed by atoms with Gasteiger partial charge in [0.15, 0.2) is 0 Å². The maximum Gasteiger partial charge on any atom is 0.213 e. The van der Waals surface area contributed by atoms with Crippen LogP contribution in [0.25, 0.3) is 0 Å². The van der Waals surface area contributed by atoms with Crippen LogP contribution in [0.5, 0.6) is 5.88 Å². The van der Waals surface area contributed by atoms with E-state index in [2.05, 4.69) is 15.5 Å². The zero-order valence-electron chi connectivity index (χ0n) is 9.89. The summed E-state index contributed by atoms with van der Waals surface area (Å²) < 4.78 is 4.96. The number of nitrogens with one attached hydrogen (secondary N) is 1. The molecule has 1 heterocycles. The van der Waals surface area contributed by atoms with Gasteiger partial charge in [-0.3, -0.25) is 0 Å². The number of oxime groups is 1. The molecule has 0 radical (unpaired) electrons. The molecule has 6 heteroatoms. The normalized spacial score (nSPS) is 11.2. The number of nitrogens with zero attached hydrogens (tertiary/aromatic N) is 2. The second kappa shape index (κ2) is 7.32. The Balaban J connectivity index is 2.17. The third kappa shape index (κ3) is 5.05. The number of ether oxygens (including phenoxy) is 1. The highest BCUT2D eigenvalue weighted by Gasteiger charge is 1.96. The molecule has 0 atom stereocenters. The molecule has 0 aromatic carbocycles. The van der Waals surface area contributed by atoms with Crippen LogP contribution in [-0.2, 0) is 0 Å². The van der Waals surface area contributed by atoms with Crippen LogP contribution in [0.4, 0.5) is 5.69 Å². The van der Waals surface area contributed by atoms with Gasteiger partial charge in [-0.15, -0.1) is 0 Å². The van der Waals surface area contributed by atoms with Crippen molar-refractivity contribution >= 4 is 11.5 Å². The largest absolute Gasteiger partial charge is 0.481 e. The van der Waals surface area contributed by atoms with Gasteiger partial charge in [-0.2, -0.15) is 0 Å². The fourth-order valence-corrected chi connectivity index (χ4v) is 1.32. The molecule has 6 nitrogen and oxygen atoms in total. The molecule has 0 bridgehead atoms. The monoisotopic (exact) mass is 238 g/mol. The Bertz CT molecular complexity index is 351. The molecule has 0 aliphatic carbocycles. The molecule has 1 aromatic rings. The van der Waals surface area contributed by atoms with E-state index in [-0.39, 0.29) is 5.84 Å². The highest BCUT2D eigenvalue weighted by Crippen LogP contribution is 2.10. The maximum absolute atomic E-state index is 8.35. The first-order valence-electron chi connectivity index (χ1n) is 5.46. The van der Waals surface area contributed by atoms with Gasteiger partial charge < -0.3 is 21.0 Å². The molecule has 4 N–H and O–H groups in total. The van der Waals surface area contributed by atoms with Gasteiger partial charge in [-0.25, -0.2) is 4.98 Å². The Morgan fingerprint density at radius 3 is 2.94 bits per heavy atom. The van der Waals surface area contributed by atoms with Crippen molar-refractivity contribution in [2.45, 2.75) is 19.3 Å². The van der Waals surface area contributed by atoms with E-state index in [4.69, 9.17) is 15.7 Å². The van der Waals surface area contributed by atoms with E-state index in [1.54, 1.807) is 19.4 Å². The van der Waals surface area contributed by atoms with E-state index in [1.807, 2.05) is 6.07 Å². The molecular weight excluding hydrogens is 220 g/mol. The highest BCUT2D eigenvalue weighted by molar-refractivity contribution is 5.79. The summed E-state index contributed by atoms with van der Waals surface area (Å²) in [6, 6.07) is 3.72. The minimum absolute atomic E-state index is 0.274. The van der Waals surface area contributed by atoms with Crippen molar-refractivity contribution in [3.8, 4) is 5.88 Å². The molecule has 17 heavy (non-hydrogen) atoms. The quantitative estimate of drug-likeness (QED) is 0.220. The van der Waals surface area contributed by atoms with Gasteiger partial charge in [0.05, 0.1) is 19.0 Å². The Morgan fingerprint density at radius 1 is 1.53 bits per heavy atom. The second-order valence-electron chi connectivity index (χ2n) is 3.56. The summed E-state index contributed by atoms with van der Waals surface area (Å²) >= 11 is 0. The van der Waals surface area contributed by atoms with Crippen molar-refractivity contribution in [1.29, 1.82) is 0 Å². The van der Waals surface area contributed by atoms with Gasteiger partial charge >= 0.3 is 0 Å². The lowest BCUT2D eigenvalue weighted by Gasteiger charge is -2.06. The first-order chi connectivity index (χ1) is 8.26. The van der Waals surface area contributed by atoms with Crippen molar-refractivity contribution in [2.75, 3.05) is 19.0 Å². The van der Waals surface area contributed by atoms with Gasteiger partial charge in [0, 0.05) is 19.0 Å². The average molecular weight is 238 g/mol. The second-order valence-corrected chi connectivity index (χ2v) is 3.56. The van der Waals surface area contributed by atoms with Crippen molar-refractivity contribution in [2.24, 2.45) is 10.9 Å². The summed E-state index contributed by atoms with van der Waals surface area (Å²) in [6.45, 7) is 0.826. The summed E-state index contributed by atoms with van der Waals surface area (Å²) in [6.07, 6.45) is 4.16. The fraction of sp³-hybridized carbons (Fsp3) is 0.455. The number of aromatic nitrogens is 1. The van der Waals surface area contributed by atoms with Crippen molar-refractivity contribution < 1.29 is 9.94 Å². The number of amidine groups is 1. The van der Waals surface area contributed by atoms with Gasteiger partial charge in [0.2, 0.25) is 5.88 Å². The van der Waals surface area contributed by atoms with Crippen LogP contribution < -0.4 is 15.8 Å². The van der Waals surface area contributed by atoms with Crippen LogP contribution >= 0.6 is 0 Å². The van der Waals surface area contributed by atoms with E-state index < -0.39 is 0 Å². The molecule has 0 aliphatic heterocycles. The SMILES string of the molecule is COc1ccc(NCCCCC(N)=NO)cn1. The zero-order valence-corrected chi connectivity index (χ0v) is 9.89. The average Bonchev–Trinajstić information content (AvgIpc) is 2.38. The third-order valence-corrected chi connectivity index (χ3v) is 2.26. The predicted octanol–water partition coefficient (Wildman–Crippen LogP) is 1.42. The topological polar surface area (TPSA) is 92.8 Å². The molecule has 0 saturated heterocycles. The maximum atomic E-state index is 8.35. The summed E-state index contributed by atoms with van der Waals surface area (Å²) in [5.41, 5.74) is 6.31. The minimum atomic E-state index is 0.274. The number of methoxy groups -OCH3 is 1. The summed E-state index contributed by atoms with van der Waals surface area (Å²) in [5.74, 6) is 0.874. The van der Waals surface area contributed by atoms with Gasteiger partial charge in [0.1, 0.15) is 5.84 Å². The van der Waals surface area contributed by atoms with Crippen molar-refractivity contribution in [3.63, 3.8) is 0 Å². The van der Waals surface area contributed by atoms with Crippen LogP contribution in [0.2, 0.25) is 0 Å². The molecule has 0 spiro atoms. The summed E-state index contributed by atoms with van der Waals surface area (Å²) in [7, 11) is 1.59. The number of hydrogen-bond acceptors (Lipinski definition) is 5. The van der Waals surface area contributed by atoms with E-state index in [9.17, 15) is 0 Å². The zero-order chi connectivity index (χ0) is 12.5. The lowest BCUT2D eigenvalue weighted by Crippen LogP contribution is -2.11. The summed E-state index contributed by atoms with van der Waals surface area (Å²) in [5, 5.41) is 14.5. The molecule has 94 valence electrons. The van der Waals surface area contributed by atoms with Crippen molar-refractivity contribution in [3.05, 3.63) is 18.3 Å². The summed E-state index contributed by atoms with van der Waals surface area (Å²) in [4.78, 5) is 4.08. The van der Waals surface area contributed by atoms with E-state index in [0.29, 0.717) is 12.3 Å². The fourth-order valence-electron chi connectivity index (χ4n) is 1.32. The number of nitrogens with two attached hydrogens (primary N) is 1. The van der Waals surface area contributed by atoms with E-state index in [1.165, 1.54) is 0 Å². The highest BCUT2D eigenvalue weighted by atomic mass is 16.5. The van der Waals surface area contributed by atoms with Gasteiger partial charge in [-0.05, 0) is 18.9 Å². The Labute approximate surface area is 100 Å². The van der Waals surface area contributed by atoms with Gasteiger partial charge in [-0.1, -0.05) is 5.16 Å². The molecule has 0 aliphatic rings. The predicted molar refractivity (Wildman–Crippen MR) is 66.5 cm³/mol. The number of hydrogen-bond donors (Lipinski definition) is 3. The van der Waals surface area contributed by atoms with Crippen LogP contribution in [0.3, 0.4) is 0 Å². The molecule has 0 unspecified atom stereocenters. The first kappa shape index (κ1) is 13.1. The third-order valence-electron chi connectivity index (χ3n) is 2.26. The van der Waals surface area contributed by atoms with Crippen LogP contribution in [0, 0.1) is 0 Å². The van der Waals surface area contributed by atoms with Crippen molar-refractivity contribution in [1.82, 2.24) is 4.98 Å².